The highest BCUT2D eigenvalue weighted by molar-refractivity contribution is 6.13. The number of benzene rings is 9. The summed E-state index contributed by atoms with van der Waals surface area (Å²) in [7, 11) is 0. The Balaban J connectivity index is 1.23. The van der Waals surface area contributed by atoms with E-state index < -0.39 is 11.7 Å². The molecule has 7 heteroatoms. The van der Waals surface area contributed by atoms with Crippen LogP contribution < -0.4 is 0 Å². The van der Waals surface area contributed by atoms with Gasteiger partial charge in [0.15, 0.2) is 0 Å². The van der Waals surface area contributed by atoms with E-state index in [1.54, 1.807) is 6.07 Å². The van der Waals surface area contributed by atoms with E-state index in [2.05, 4.69) is 94.1 Å². The molecule has 9 aromatic carbocycles. The van der Waals surface area contributed by atoms with Crippen LogP contribution in [-0.2, 0) is 6.18 Å². The van der Waals surface area contributed by atoms with Gasteiger partial charge in [-0.05, 0) is 106 Å². The molecule has 0 aliphatic rings. The molecule has 11 aromatic rings. The van der Waals surface area contributed by atoms with Crippen molar-refractivity contribution in [2.45, 2.75) is 6.18 Å². The lowest BCUT2D eigenvalue weighted by Crippen LogP contribution is -2.08. The summed E-state index contributed by atoms with van der Waals surface area (Å²) >= 11 is 0. The molecule has 2 heterocycles. The van der Waals surface area contributed by atoms with Crippen LogP contribution in [-0.4, -0.2) is 9.13 Å². The number of halogens is 3. The molecule has 4 nitrogen and oxygen atoms in total. The van der Waals surface area contributed by atoms with Crippen LogP contribution in [0.3, 0.4) is 0 Å². The van der Waals surface area contributed by atoms with Crippen molar-refractivity contribution in [1.29, 1.82) is 10.5 Å². The van der Waals surface area contributed by atoms with Gasteiger partial charge >= 0.3 is 6.18 Å². The summed E-state index contributed by atoms with van der Waals surface area (Å²) in [6.07, 6.45) is -4.73. The lowest BCUT2D eigenvalue weighted by Gasteiger charge is -2.21. The number of hydrogen-bond donors (Lipinski definition) is 0. The van der Waals surface area contributed by atoms with Crippen LogP contribution in [0.5, 0.6) is 0 Å². The minimum absolute atomic E-state index is 0.0472. The molecule has 0 bridgehead atoms. The number of alkyl halides is 3. The highest BCUT2D eigenvalue weighted by atomic mass is 19.4. The van der Waals surface area contributed by atoms with E-state index in [0.717, 1.165) is 83.2 Å². The SMILES string of the molecule is N#Cc1ccc(-n2c3ccccc3c3cc(-c4ccccc4)ccc32)c(-c2ccc(-c3ccc(C#N)cc3C(F)(F)F)cc2-n2c3ccccc3c3cc(-c4ccccc4)ccc32)c1. The first-order valence-corrected chi connectivity index (χ1v) is 20.8. The Hall–Kier alpha value is -8.65. The van der Waals surface area contributed by atoms with Crippen molar-refractivity contribution < 1.29 is 13.2 Å². The number of nitrogens with zero attached hydrogens (tertiary/aromatic N) is 4. The Morgan fingerprint density at radius 1 is 0.344 bits per heavy atom. The van der Waals surface area contributed by atoms with E-state index in [9.17, 15) is 23.7 Å². The van der Waals surface area contributed by atoms with Gasteiger partial charge in [-0.3, -0.25) is 0 Å². The van der Waals surface area contributed by atoms with E-state index in [1.807, 2.05) is 103 Å². The number of para-hydroxylation sites is 2. The molecule has 302 valence electrons. The molecule has 11 rings (SSSR count). The van der Waals surface area contributed by atoms with Crippen molar-refractivity contribution in [1.82, 2.24) is 9.13 Å². The second-order valence-electron chi connectivity index (χ2n) is 15.8. The normalized spacial score (nSPS) is 11.6. The molecule has 0 amide bonds. The monoisotopic (exact) mass is 830 g/mol. The molecule has 0 N–H and O–H groups in total. The van der Waals surface area contributed by atoms with E-state index in [-0.39, 0.29) is 11.1 Å². The Labute approximate surface area is 366 Å². The summed E-state index contributed by atoms with van der Waals surface area (Å²) in [6, 6.07) is 68.4. The van der Waals surface area contributed by atoms with Gasteiger partial charge in [-0.15, -0.1) is 0 Å². The summed E-state index contributed by atoms with van der Waals surface area (Å²) in [5.74, 6) is 0. The third-order valence-electron chi connectivity index (χ3n) is 12.2. The van der Waals surface area contributed by atoms with Gasteiger partial charge < -0.3 is 9.13 Å². The molecular formula is C57H33F3N4. The van der Waals surface area contributed by atoms with Crippen LogP contribution in [0, 0.1) is 22.7 Å². The number of rotatable bonds is 6. The first kappa shape index (κ1) is 38.3. The fraction of sp³-hybridized carbons (Fsp3) is 0.0175. The summed E-state index contributed by atoms with van der Waals surface area (Å²) < 4.78 is 49.0. The van der Waals surface area contributed by atoms with Gasteiger partial charge in [-0.2, -0.15) is 23.7 Å². The number of aromatic nitrogens is 2. The zero-order chi connectivity index (χ0) is 43.5. The minimum Gasteiger partial charge on any atom is -0.309 e. The van der Waals surface area contributed by atoms with Gasteiger partial charge in [0, 0.05) is 32.7 Å². The van der Waals surface area contributed by atoms with Gasteiger partial charge in [0.25, 0.3) is 0 Å². The number of nitriles is 2. The van der Waals surface area contributed by atoms with Crippen molar-refractivity contribution in [2.24, 2.45) is 0 Å². The van der Waals surface area contributed by atoms with Crippen LogP contribution in [0.15, 0.2) is 200 Å². The maximum atomic E-state index is 14.9. The molecular weight excluding hydrogens is 798 g/mol. The largest absolute Gasteiger partial charge is 0.417 e. The van der Waals surface area contributed by atoms with E-state index in [1.165, 1.54) is 12.1 Å². The zero-order valence-corrected chi connectivity index (χ0v) is 34.0. The third-order valence-corrected chi connectivity index (χ3v) is 12.2. The van der Waals surface area contributed by atoms with Gasteiger partial charge in [0.1, 0.15) is 0 Å². The van der Waals surface area contributed by atoms with Gasteiger partial charge in [0.2, 0.25) is 0 Å². The molecule has 0 aliphatic heterocycles. The summed E-state index contributed by atoms with van der Waals surface area (Å²) in [5.41, 5.74) is 10.5. The smallest absolute Gasteiger partial charge is 0.309 e. The molecule has 2 aromatic heterocycles. The zero-order valence-electron chi connectivity index (χ0n) is 34.0. The van der Waals surface area contributed by atoms with Crippen molar-refractivity contribution in [3.8, 4) is 68.0 Å². The topological polar surface area (TPSA) is 57.4 Å². The quantitative estimate of drug-likeness (QED) is 0.168. The fourth-order valence-corrected chi connectivity index (χ4v) is 9.31. The average Bonchev–Trinajstić information content (AvgIpc) is 3.85. The van der Waals surface area contributed by atoms with Gasteiger partial charge in [0.05, 0.1) is 62.3 Å². The molecule has 0 fully saturated rings. The summed E-state index contributed by atoms with van der Waals surface area (Å²) in [5, 5.41) is 24.1. The molecule has 0 atom stereocenters. The highest BCUT2D eigenvalue weighted by Crippen LogP contribution is 2.45. The fourth-order valence-electron chi connectivity index (χ4n) is 9.31. The molecule has 0 radical (unpaired) electrons. The molecule has 0 saturated carbocycles. The van der Waals surface area contributed by atoms with E-state index in [0.29, 0.717) is 22.4 Å². The first-order chi connectivity index (χ1) is 31.3. The average molecular weight is 831 g/mol. The van der Waals surface area contributed by atoms with Crippen molar-refractivity contribution in [2.75, 3.05) is 0 Å². The minimum atomic E-state index is -4.73. The van der Waals surface area contributed by atoms with Crippen LogP contribution in [0.2, 0.25) is 0 Å². The van der Waals surface area contributed by atoms with Crippen molar-refractivity contribution in [3.05, 3.63) is 217 Å². The summed E-state index contributed by atoms with van der Waals surface area (Å²) in [6.45, 7) is 0. The second-order valence-corrected chi connectivity index (χ2v) is 15.8. The lowest BCUT2D eigenvalue weighted by atomic mass is 9.92. The lowest BCUT2D eigenvalue weighted by molar-refractivity contribution is -0.137. The maximum Gasteiger partial charge on any atom is 0.417 e. The van der Waals surface area contributed by atoms with Crippen molar-refractivity contribution in [3.63, 3.8) is 0 Å². The predicted molar refractivity (Wildman–Crippen MR) is 251 cm³/mol. The van der Waals surface area contributed by atoms with Crippen LogP contribution in [0.1, 0.15) is 16.7 Å². The van der Waals surface area contributed by atoms with Crippen LogP contribution >= 0.6 is 0 Å². The Morgan fingerprint density at radius 3 is 1.38 bits per heavy atom. The molecule has 0 aliphatic carbocycles. The molecule has 0 saturated heterocycles. The number of hydrogen-bond acceptors (Lipinski definition) is 2. The predicted octanol–water partition coefficient (Wildman–Crippen LogP) is 15.3. The third kappa shape index (κ3) is 6.30. The van der Waals surface area contributed by atoms with E-state index >= 15 is 0 Å². The second kappa shape index (κ2) is 15.1. The maximum absolute atomic E-state index is 14.9. The van der Waals surface area contributed by atoms with Crippen LogP contribution in [0.4, 0.5) is 13.2 Å². The molecule has 0 spiro atoms. The standard InChI is InChI=1S/C57H33F3N4/c58-57(59,60)50-30-37(35-62)19-24-43(50)42-21-25-46(56(33-42)64-52-18-10-8-16-45(52)49-32-41(23-28-55(49)64)39-13-5-2-6-14-39)47-29-36(34-61)20-26-53(47)63-51-17-9-7-15-44(51)48-31-40(22-27-54(48)63)38-11-3-1-4-12-38/h1-33H. The highest BCUT2D eigenvalue weighted by Gasteiger charge is 2.34. The Bertz CT molecular complexity index is 3730. The molecule has 64 heavy (non-hydrogen) atoms. The molecule has 0 unspecified atom stereocenters. The number of fused-ring (bicyclic) bond motifs is 6. The summed E-state index contributed by atoms with van der Waals surface area (Å²) in [4.78, 5) is 0. The van der Waals surface area contributed by atoms with Crippen LogP contribution in [0.25, 0.3) is 99.5 Å². The van der Waals surface area contributed by atoms with Crippen molar-refractivity contribution >= 4 is 43.6 Å². The Morgan fingerprint density at radius 2 is 0.812 bits per heavy atom. The Kier molecular flexibility index (Phi) is 9.01. The first-order valence-electron chi connectivity index (χ1n) is 20.8. The van der Waals surface area contributed by atoms with Gasteiger partial charge in [-0.25, -0.2) is 0 Å². The van der Waals surface area contributed by atoms with Gasteiger partial charge in [-0.1, -0.05) is 127 Å². The van der Waals surface area contributed by atoms with E-state index in [4.69, 9.17) is 0 Å².